The summed E-state index contributed by atoms with van der Waals surface area (Å²) in [7, 11) is 0. The first-order valence-electron chi connectivity index (χ1n) is 12.5. The van der Waals surface area contributed by atoms with Crippen molar-refractivity contribution in [2.45, 2.75) is 0 Å². The Balaban J connectivity index is 0.000000176. The molecule has 0 atom stereocenters. The summed E-state index contributed by atoms with van der Waals surface area (Å²) in [5.41, 5.74) is 0.726. The average molecular weight is 627 g/mol. The molecule has 0 saturated heterocycles. The summed E-state index contributed by atoms with van der Waals surface area (Å²) in [6.07, 6.45) is 0. The normalized spacial score (nSPS) is 9.78. The van der Waals surface area contributed by atoms with Crippen LogP contribution in [0.15, 0.2) is 91.0 Å². The number of para-hydroxylation sites is 3. The van der Waals surface area contributed by atoms with Crippen LogP contribution in [0.1, 0.15) is 31.5 Å². The van der Waals surface area contributed by atoms with Gasteiger partial charge in [-0.15, -0.1) is 0 Å². The summed E-state index contributed by atoms with van der Waals surface area (Å²) in [4.78, 5) is 43.3. The number of hydrogen-bond acceptors (Lipinski definition) is 10. The monoisotopic (exact) mass is 627 g/mol. The number of carboxylic acid groups (broad SMARTS) is 3. The molecule has 6 aromatic rings. The van der Waals surface area contributed by atoms with Crippen molar-refractivity contribution in [2.24, 2.45) is 0 Å². The molecule has 0 unspecified atom stereocenters. The number of phenols is 3. The summed E-state index contributed by atoms with van der Waals surface area (Å²) >= 11 is -1.50. The quantitative estimate of drug-likeness (QED) is 0.138. The van der Waals surface area contributed by atoms with E-state index >= 15 is 0 Å². The molecule has 0 saturated carbocycles. The molecular weight excluding hydrogens is 605 g/mol. The average Bonchev–Trinajstić information content (AvgIpc) is 3.02. The fourth-order valence-electron chi connectivity index (χ4n) is 3.75. The predicted octanol–water partition coefficient (Wildman–Crippen LogP) is 3.86. The molecule has 3 aromatic carbocycles. The number of rotatable bonds is 3. The molecule has 0 bridgehead atoms. The van der Waals surface area contributed by atoms with Gasteiger partial charge in [0.15, 0.2) is 0 Å². The Hall–Kier alpha value is -6.17. The van der Waals surface area contributed by atoms with Crippen molar-refractivity contribution in [1.29, 1.82) is 0 Å². The third kappa shape index (κ3) is 8.67. The Morgan fingerprint density at radius 1 is 0.467 bits per heavy atom. The van der Waals surface area contributed by atoms with Crippen LogP contribution in [0.25, 0.3) is 32.7 Å². The number of phenolic OH excluding ortho intramolecular Hbond substituents is 3. The Morgan fingerprint density at radius 3 is 0.933 bits per heavy atom. The van der Waals surface area contributed by atoms with E-state index in [2.05, 4.69) is 15.0 Å². The van der Waals surface area contributed by atoms with Crippen LogP contribution in [-0.4, -0.2) is 83.1 Å². The Bertz CT molecular complexity index is 1810. The molecule has 0 radical (unpaired) electrons. The van der Waals surface area contributed by atoms with Gasteiger partial charge in [-0.3, -0.25) is 0 Å². The van der Waals surface area contributed by atoms with Crippen molar-refractivity contribution in [1.82, 2.24) is 15.0 Å². The molecular formula is C30H22AlN3O11. The molecule has 0 aliphatic heterocycles. The number of carboxylic acids is 3. The van der Waals surface area contributed by atoms with E-state index in [0.29, 0.717) is 16.6 Å². The summed E-state index contributed by atoms with van der Waals surface area (Å²) < 4.78 is 15.7. The number of fused-ring (bicyclic) bond motifs is 3. The molecule has 45 heavy (non-hydrogen) atoms. The van der Waals surface area contributed by atoms with Crippen molar-refractivity contribution in [3.8, 4) is 17.2 Å². The van der Waals surface area contributed by atoms with Crippen molar-refractivity contribution >= 4 is 66.1 Å². The number of nitrogens with zero attached hydrogens (tertiary/aromatic N) is 3. The number of benzene rings is 3. The van der Waals surface area contributed by atoms with Gasteiger partial charge in [0, 0.05) is 16.2 Å². The zero-order valence-corrected chi connectivity index (χ0v) is 24.0. The molecule has 0 spiro atoms. The number of carbonyl (C=O) groups is 3. The van der Waals surface area contributed by atoms with Gasteiger partial charge < -0.3 is 30.6 Å². The van der Waals surface area contributed by atoms with Gasteiger partial charge in [-0.05, 0) is 36.4 Å². The summed E-state index contributed by atoms with van der Waals surface area (Å²) in [5.74, 6) is -3.33. The van der Waals surface area contributed by atoms with Gasteiger partial charge in [-0.25, -0.2) is 29.3 Å². The molecule has 0 aliphatic carbocycles. The van der Waals surface area contributed by atoms with Crippen LogP contribution < -0.4 is 0 Å². The number of hydrogen-bond donors (Lipinski definition) is 7. The second-order valence-electron chi connectivity index (χ2n) is 8.66. The molecule has 15 heteroatoms. The van der Waals surface area contributed by atoms with Gasteiger partial charge in [0.25, 0.3) is 0 Å². The predicted molar refractivity (Wildman–Crippen MR) is 160 cm³/mol. The van der Waals surface area contributed by atoms with Gasteiger partial charge in [0.1, 0.15) is 50.9 Å². The van der Waals surface area contributed by atoms with Gasteiger partial charge in [0.2, 0.25) is 0 Å². The first-order chi connectivity index (χ1) is 21.5. The number of pyridine rings is 3. The van der Waals surface area contributed by atoms with E-state index in [9.17, 15) is 29.7 Å². The van der Waals surface area contributed by atoms with E-state index < -0.39 is 33.4 Å². The van der Waals surface area contributed by atoms with Crippen LogP contribution in [0.2, 0.25) is 0 Å². The van der Waals surface area contributed by atoms with Crippen LogP contribution in [-0.2, 0) is 3.80 Å². The fraction of sp³-hybridized carbons (Fsp3) is 0. The second-order valence-corrected chi connectivity index (χ2v) is 8.87. The van der Waals surface area contributed by atoms with Crippen LogP contribution >= 0.6 is 0 Å². The van der Waals surface area contributed by atoms with Gasteiger partial charge >= 0.3 is 41.4 Å². The summed E-state index contributed by atoms with van der Waals surface area (Å²) in [6.45, 7) is 0. The van der Waals surface area contributed by atoms with Gasteiger partial charge in [-0.2, -0.15) is 0 Å². The molecule has 6 rings (SSSR count). The maximum absolute atomic E-state index is 10.6. The van der Waals surface area contributed by atoms with Crippen LogP contribution in [0.4, 0.5) is 0 Å². The standard InChI is InChI=1S/3C10H7NO3.Al.H2O.O/c3*12-8-3-1-2-6-4-5-7(10(13)14)11-9(6)8;;;/h3*1-5,12H,(H,13,14);;1H2;/q;;;+1;;/p-1. The fourth-order valence-corrected chi connectivity index (χ4v) is 3.75. The number of aromatic hydroxyl groups is 3. The molecule has 3 heterocycles. The van der Waals surface area contributed by atoms with Crippen molar-refractivity contribution < 1.29 is 53.0 Å². The van der Waals surface area contributed by atoms with E-state index in [0.717, 1.165) is 16.2 Å². The third-order valence-corrected chi connectivity index (χ3v) is 5.75. The Labute approximate surface area is 259 Å². The third-order valence-electron chi connectivity index (χ3n) is 5.75. The summed E-state index contributed by atoms with van der Waals surface area (Å²) in [6, 6.07) is 23.8. The zero-order valence-electron chi connectivity index (χ0n) is 22.8. The first kappa shape index (κ1) is 33.3. The van der Waals surface area contributed by atoms with E-state index in [1.807, 2.05) is 0 Å². The zero-order chi connectivity index (χ0) is 33.1. The molecule has 7 N–H and O–H groups in total. The van der Waals surface area contributed by atoms with E-state index in [1.54, 1.807) is 54.6 Å². The Kier molecular flexibility index (Phi) is 11.4. The van der Waals surface area contributed by atoms with Crippen molar-refractivity contribution in [2.75, 3.05) is 0 Å². The van der Waals surface area contributed by atoms with Gasteiger partial charge in [-0.1, -0.05) is 54.6 Å². The van der Waals surface area contributed by atoms with Crippen molar-refractivity contribution in [3.05, 3.63) is 108 Å². The maximum atomic E-state index is 10.6. The minimum absolute atomic E-state index is 0.00870. The molecule has 3 aromatic heterocycles. The molecule has 0 aliphatic rings. The Morgan fingerprint density at radius 2 is 0.711 bits per heavy atom. The topological polar surface area (TPSA) is 249 Å². The van der Waals surface area contributed by atoms with E-state index in [-0.39, 0.29) is 34.3 Å². The molecule has 0 fully saturated rings. The summed E-state index contributed by atoms with van der Waals surface area (Å²) in [5, 5.41) is 56.5. The van der Waals surface area contributed by atoms with Crippen LogP contribution in [0.5, 0.6) is 17.2 Å². The van der Waals surface area contributed by atoms with Crippen LogP contribution in [0.3, 0.4) is 0 Å². The SMILES string of the molecule is O=C(O)c1ccc2cccc(O)c2n1.O=C(O)c1ccc2cccc(O)c2n1.O=C(O)c1ccc2cccc(O)c2n1.[O]=[Al][OH]. The minimum atomic E-state index is -1.50. The van der Waals surface area contributed by atoms with Crippen LogP contribution in [0, 0.1) is 0 Å². The number of aromatic carboxylic acids is 3. The van der Waals surface area contributed by atoms with Gasteiger partial charge in [0.05, 0.1) is 0 Å². The number of aromatic nitrogens is 3. The van der Waals surface area contributed by atoms with E-state index in [4.69, 9.17) is 23.3 Å². The first-order valence-corrected chi connectivity index (χ1v) is 13.5. The molecule has 226 valence electrons. The molecule has 0 amide bonds. The van der Waals surface area contributed by atoms with Crippen molar-refractivity contribution in [3.63, 3.8) is 0 Å². The molecule has 14 nitrogen and oxygen atoms in total. The van der Waals surface area contributed by atoms with E-state index in [1.165, 1.54) is 36.4 Å². The second kappa shape index (κ2) is 15.3.